The Kier molecular flexibility index (Phi) is 5.57. The van der Waals surface area contributed by atoms with Gasteiger partial charge in [-0.3, -0.25) is 10.1 Å². The number of aromatic nitrogens is 1. The summed E-state index contributed by atoms with van der Waals surface area (Å²) < 4.78 is 6.84. The number of non-ortho nitro benzene ring substituents is 1. The van der Waals surface area contributed by atoms with Gasteiger partial charge in [0.15, 0.2) is 0 Å². The summed E-state index contributed by atoms with van der Waals surface area (Å²) in [7, 11) is 0. The first kappa shape index (κ1) is 19.8. The van der Waals surface area contributed by atoms with Gasteiger partial charge in [0.2, 0.25) is 0 Å². The van der Waals surface area contributed by atoms with Crippen molar-refractivity contribution in [3.8, 4) is 28.7 Å². The van der Waals surface area contributed by atoms with Crippen LogP contribution >= 0.6 is 27.3 Å². The molecule has 0 fully saturated rings. The van der Waals surface area contributed by atoms with Crippen molar-refractivity contribution >= 4 is 44.6 Å². The quantitative estimate of drug-likeness (QED) is 0.179. The number of nitro benzene ring substituents is 1. The number of allylic oxidation sites excluding steroid dienone is 1. The van der Waals surface area contributed by atoms with Crippen LogP contribution in [0.15, 0.2) is 74.9 Å². The maximum Gasteiger partial charge on any atom is 0.270 e. The SMILES string of the molecule is N#C/C(=C\c1ccc(-c2ccc(Br)cc2)o1)c1nc(-c2cccc([N+](=O)[O-])c2)cs1. The summed E-state index contributed by atoms with van der Waals surface area (Å²) in [5.41, 5.74) is 2.48. The minimum absolute atomic E-state index is 0.00541. The predicted octanol–water partition coefficient (Wildman–Crippen LogP) is 6.80. The maximum absolute atomic E-state index is 11.0. The topological polar surface area (TPSA) is 93.0 Å². The van der Waals surface area contributed by atoms with Crippen molar-refractivity contribution in [2.45, 2.75) is 0 Å². The summed E-state index contributed by atoms with van der Waals surface area (Å²) in [6, 6.07) is 19.8. The second kappa shape index (κ2) is 8.45. The molecule has 0 saturated carbocycles. The molecule has 0 aliphatic heterocycles. The third kappa shape index (κ3) is 4.22. The molecule has 2 heterocycles. The summed E-state index contributed by atoms with van der Waals surface area (Å²) in [6.45, 7) is 0. The molecule has 8 heteroatoms. The fourth-order valence-electron chi connectivity index (χ4n) is 2.79. The lowest BCUT2D eigenvalue weighted by atomic mass is 10.1. The van der Waals surface area contributed by atoms with Gasteiger partial charge in [-0.05, 0) is 24.3 Å². The number of halogens is 1. The second-order valence-corrected chi connectivity index (χ2v) is 8.00. The van der Waals surface area contributed by atoms with E-state index in [1.165, 1.54) is 23.5 Å². The lowest BCUT2D eigenvalue weighted by Gasteiger charge is -1.97. The van der Waals surface area contributed by atoms with Crippen LogP contribution < -0.4 is 0 Å². The number of benzene rings is 2. The van der Waals surface area contributed by atoms with E-state index in [9.17, 15) is 15.4 Å². The van der Waals surface area contributed by atoms with Crippen molar-refractivity contribution in [1.82, 2.24) is 4.98 Å². The van der Waals surface area contributed by atoms with Gasteiger partial charge in [0, 0.05) is 39.2 Å². The highest BCUT2D eigenvalue weighted by atomic mass is 79.9. The zero-order valence-electron chi connectivity index (χ0n) is 15.3. The zero-order chi connectivity index (χ0) is 21.1. The van der Waals surface area contributed by atoms with Gasteiger partial charge in [-0.1, -0.05) is 40.2 Å². The van der Waals surface area contributed by atoms with Crippen LogP contribution in [0, 0.1) is 21.4 Å². The maximum atomic E-state index is 11.0. The Hall–Kier alpha value is -3.54. The molecule has 0 aliphatic rings. The average molecular weight is 478 g/mol. The van der Waals surface area contributed by atoms with Gasteiger partial charge in [0.05, 0.1) is 16.2 Å². The van der Waals surface area contributed by atoms with Crippen molar-refractivity contribution in [2.75, 3.05) is 0 Å². The summed E-state index contributed by atoms with van der Waals surface area (Å²) in [5, 5.41) is 22.9. The van der Waals surface area contributed by atoms with Crippen LogP contribution in [0.3, 0.4) is 0 Å². The summed E-state index contributed by atoms with van der Waals surface area (Å²) in [6.07, 6.45) is 1.64. The average Bonchev–Trinajstić information content (AvgIpc) is 3.43. The first-order valence-electron chi connectivity index (χ1n) is 8.72. The monoisotopic (exact) mass is 477 g/mol. The van der Waals surface area contributed by atoms with Gasteiger partial charge in [0.1, 0.15) is 22.6 Å². The van der Waals surface area contributed by atoms with Gasteiger partial charge in [-0.2, -0.15) is 5.26 Å². The largest absolute Gasteiger partial charge is 0.457 e. The highest BCUT2D eigenvalue weighted by Crippen LogP contribution is 2.30. The van der Waals surface area contributed by atoms with Crippen LogP contribution in [-0.4, -0.2) is 9.91 Å². The molecule has 2 aromatic carbocycles. The molecule has 30 heavy (non-hydrogen) atoms. The van der Waals surface area contributed by atoms with Crippen LogP contribution in [0.5, 0.6) is 0 Å². The van der Waals surface area contributed by atoms with Crippen molar-refractivity contribution in [2.24, 2.45) is 0 Å². The van der Waals surface area contributed by atoms with Crippen LogP contribution in [-0.2, 0) is 0 Å². The third-order valence-corrected chi connectivity index (χ3v) is 5.65. The summed E-state index contributed by atoms with van der Waals surface area (Å²) in [4.78, 5) is 15.0. The number of hydrogen-bond donors (Lipinski definition) is 0. The molecule has 4 aromatic rings. The molecule has 0 radical (unpaired) electrons. The van der Waals surface area contributed by atoms with Gasteiger partial charge < -0.3 is 4.42 Å². The zero-order valence-corrected chi connectivity index (χ0v) is 17.7. The van der Waals surface area contributed by atoms with E-state index >= 15 is 0 Å². The minimum atomic E-state index is -0.447. The first-order valence-corrected chi connectivity index (χ1v) is 10.4. The minimum Gasteiger partial charge on any atom is -0.457 e. The normalized spacial score (nSPS) is 11.3. The number of thiazole rings is 1. The Morgan fingerprint density at radius 1 is 1.17 bits per heavy atom. The Morgan fingerprint density at radius 3 is 2.70 bits per heavy atom. The molecule has 0 amide bonds. The first-order chi connectivity index (χ1) is 14.5. The Labute approximate surface area is 184 Å². The van der Waals surface area contributed by atoms with E-state index in [1.807, 2.05) is 30.3 Å². The summed E-state index contributed by atoms with van der Waals surface area (Å²) >= 11 is 4.70. The molecule has 146 valence electrons. The number of rotatable bonds is 5. The van der Waals surface area contributed by atoms with Crippen LogP contribution in [0.2, 0.25) is 0 Å². The van der Waals surface area contributed by atoms with E-state index in [0.29, 0.717) is 33.4 Å². The fourth-order valence-corrected chi connectivity index (χ4v) is 3.85. The molecule has 0 spiro atoms. The standard InChI is InChI=1S/C22H12BrN3O3S/c23-17-6-4-14(5-7-17)21-9-8-19(29-21)11-16(12-24)22-25-20(13-30-22)15-2-1-3-18(10-15)26(27)28/h1-11,13H/b16-11+. The Morgan fingerprint density at radius 2 is 1.97 bits per heavy atom. The van der Waals surface area contributed by atoms with E-state index in [1.54, 1.807) is 29.7 Å². The fraction of sp³-hybridized carbons (Fsp3) is 0. The van der Waals surface area contributed by atoms with Gasteiger partial charge in [0.25, 0.3) is 5.69 Å². The number of nitriles is 1. The number of nitrogens with zero attached hydrogens (tertiary/aromatic N) is 3. The molecular formula is C22H12BrN3O3S. The molecule has 0 saturated heterocycles. The number of furan rings is 1. The molecule has 0 aliphatic carbocycles. The Bertz CT molecular complexity index is 1300. The van der Waals surface area contributed by atoms with Crippen molar-refractivity contribution < 1.29 is 9.34 Å². The molecule has 0 N–H and O–H groups in total. The van der Waals surface area contributed by atoms with Crippen molar-refractivity contribution in [3.63, 3.8) is 0 Å². The number of hydrogen-bond acceptors (Lipinski definition) is 6. The summed E-state index contributed by atoms with van der Waals surface area (Å²) in [5.74, 6) is 1.24. The van der Waals surface area contributed by atoms with Crippen molar-refractivity contribution in [3.05, 3.63) is 91.4 Å². The molecule has 0 unspecified atom stereocenters. The molecule has 6 nitrogen and oxygen atoms in total. The van der Waals surface area contributed by atoms with E-state index < -0.39 is 4.92 Å². The van der Waals surface area contributed by atoms with Crippen LogP contribution in [0.1, 0.15) is 10.8 Å². The van der Waals surface area contributed by atoms with Crippen LogP contribution in [0.4, 0.5) is 5.69 Å². The van der Waals surface area contributed by atoms with Gasteiger partial charge in [-0.25, -0.2) is 4.98 Å². The molecule has 2 aromatic heterocycles. The molecule has 4 rings (SSSR count). The highest BCUT2D eigenvalue weighted by molar-refractivity contribution is 9.10. The van der Waals surface area contributed by atoms with E-state index in [2.05, 4.69) is 27.0 Å². The smallest absolute Gasteiger partial charge is 0.270 e. The van der Waals surface area contributed by atoms with E-state index in [0.717, 1.165) is 10.0 Å². The van der Waals surface area contributed by atoms with Gasteiger partial charge >= 0.3 is 0 Å². The van der Waals surface area contributed by atoms with Crippen molar-refractivity contribution in [1.29, 1.82) is 5.26 Å². The van der Waals surface area contributed by atoms with E-state index in [4.69, 9.17) is 4.42 Å². The molecular weight excluding hydrogens is 466 g/mol. The molecule has 0 atom stereocenters. The predicted molar refractivity (Wildman–Crippen MR) is 120 cm³/mol. The Balaban J connectivity index is 1.62. The number of nitro groups is 1. The lowest BCUT2D eigenvalue weighted by Crippen LogP contribution is -1.88. The van der Waals surface area contributed by atoms with Crippen LogP contribution in [0.25, 0.3) is 34.2 Å². The lowest BCUT2D eigenvalue weighted by molar-refractivity contribution is -0.384. The second-order valence-electron chi connectivity index (χ2n) is 6.22. The third-order valence-electron chi connectivity index (χ3n) is 4.25. The van der Waals surface area contributed by atoms with E-state index in [-0.39, 0.29) is 5.69 Å². The highest BCUT2D eigenvalue weighted by Gasteiger charge is 2.13. The molecule has 0 bridgehead atoms. The van der Waals surface area contributed by atoms with Gasteiger partial charge in [-0.15, -0.1) is 11.3 Å².